The number of nitrogens with one attached hydrogen (secondary N) is 1. The topological polar surface area (TPSA) is 60.3 Å². The van der Waals surface area contributed by atoms with E-state index in [-0.39, 0.29) is 18.0 Å². The lowest BCUT2D eigenvalue weighted by atomic mass is 9.86. The van der Waals surface area contributed by atoms with Gasteiger partial charge in [-0.15, -0.1) is 0 Å². The Balaban J connectivity index is 1.60. The van der Waals surface area contributed by atoms with E-state index in [0.717, 1.165) is 25.1 Å². The Hall–Kier alpha value is -2.40. The maximum absolute atomic E-state index is 12.8. The minimum Gasteiger partial charge on any atom is -0.446 e. The van der Waals surface area contributed by atoms with E-state index in [9.17, 15) is 9.59 Å². The first kappa shape index (κ1) is 16.1. The first-order chi connectivity index (χ1) is 12.1. The first-order valence-corrected chi connectivity index (χ1v) is 8.84. The van der Waals surface area contributed by atoms with Crippen LogP contribution in [0.4, 0.5) is 0 Å². The number of ketones is 1. The van der Waals surface area contributed by atoms with E-state index in [1.165, 1.54) is 0 Å². The van der Waals surface area contributed by atoms with E-state index < -0.39 is 5.41 Å². The van der Waals surface area contributed by atoms with E-state index >= 15 is 0 Å². The van der Waals surface area contributed by atoms with Crippen molar-refractivity contribution in [3.05, 3.63) is 59.4 Å². The molecule has 2 aliphatic heterocycles. The van der Waals surface area contributed by atoms with Gasteiger partial charge < -0.3 is 9.30 Å². The van der Waals surface area contributed by atoms with E-state index in [2.05, 4.69) is 5.32 Å². The van der Waals surface area contributed by atoms with Gasteiger partial charge in [-0.25, -0.2) is 0 Å². The van der Waals surface area contributed by atoms with Crippen molar-refractivity contribution in [3.8, 4) is 0 Å². The van der Waals surface area contributed by atoms with Crippen LogP contribution < -0.4 is 5.32 Å². The van der Waals surface area contributed by atoms with Crippen LogP contribution in [0.1, 0.15) is 47.9 Å². The summed E-state index contributed by atoms with van der Waals surface area (Å²) < 4.78 is 7.63. The van der Waals surface area contributed by atoms with Crippen molar-refractivity contribution in [2.45, 2.75) is 44.4 Å². The second-order valence-corrected chi connectivity index (χ2v) is 7.02. The Labute approximate surface area is 147 Å². The van der Waals surface area contributed by atoms with Gasteiger partial charge in [-0.2, -0.15) is 0 Å². The van der Waals surface area contributed by atoms with Crippen molar-refractivity contribution in [3.63, 3.8) is 0 Å². The molecule has 0 spiro atoms. The summed E-state index contributed by atoms with van der Waals surface area (Å²) in [7, 11) is 0. The third kappa shape index (κ3) is 2.68. The van der Waals surface area contributed by atoms with E-state index in [4.69, 9.17) is 4.74 Å². The summed E-state index contributed by atoms with van der Waals surface area (Å²) in [5.41, 5.74) is 1.47. The van der Waals surface area contributed by atoms with Crippen LogP contribution in [0, 0.1) is 0 Å². The van der Waals surface area contributed by atoms with Gasteiger partial charge in [0.05, 0.1) is 5.69 Å². The second kappa shape index (κ2) is 6.15. The molecule has 1 aromatic heterocycles. The smallest absolute Gasteiger partial charge is 0.319 e. The molecule has 1 fully saturated rings. The molecule has 0 bridgehead atoms. The number of esters is 1. The number of benzene rings is 1. The van der Waals surface area contributed by atoms with Gasteiger partial charge in [-0.3, -0.25) is 14.9 Å². The van der Waals surface area contributed by atoms with Crippen LogP contribution in [0.25, 0.3) is 0 Å². The van der Waals surface area contributed by atoms with Gasteiger partial charge in [0, 0.05) is 17.8 Å². The lowest BCUT2D eigenvalue weighted by Crippen LogP contribution is -2.38. The molecule has 1 aromatic carbocycles. The zero-order valence-corrected chi connectivity index (χ0v) is 14.3. The third-order valence-electron chi connectivity index (χ3n) is 5.36. The molecule has 2 aliphatic rings. The Kier molecular flexibility index (Phi) is 3.96. The number of carbonyl (C=O) groups is 2. The molecule has 0 saturated carbocycles. The minimum absolute atomic E-state index is 0.0121. The molecule has 3 heterocycles. The van der Waals surface area contributed by atoms with Gasteiger partial charge >= 0.3 is 5.97 Å². The van der Waals surface area contributed by atoms with Crippen molar-refractivity contribution in [1.29, 1.82) is 0 Å². The fraction of sp³-hybridized carbons (Fsp3) is 0.400. The van der Waals surface area contributed by atoms with Crippen LogP contribution in [-0.2, 0) is 21.5 Å². The molecule has 5 nitrogen and oxygen atoms in total. The summed E-state index contributed by atoms with van der Waals surface area (Å²) in [6.45, 7) is 3.46. The third-order valence-corrected chi connectivity index (χ3v) is 5.36. The van der Waals surface area contributed by atoms with E-state index in [0.29, 0.717) is 24.2 Å². The number of hydrogen-bond donors (Lipinski definition) is 1. The zero-order valence-electron chi connectivity index (χ0n) is 14.3. The molecule has 2 aromatic rings. The fourth-order valence-electron chi connectivity index (χ4n) is 3.81. The van der Waals surface area contributed by atoms with Crippen molar-refractivity contribution in [1.82, 2.24) is 9.88 Å². The predicted octanol–water partition coefficient (Wildman–Crippen LogP) is 2.63. The summed E-state index contributed by atoms with van der Waals surface area (Å²) in [5, 5.41) is 3.19. The predicted molar refractivity (Wildman–Crippen MR) is 93.4 cm³/mol. The summed E-state index contributed by atoms with van der Waals surface area (Å²) >= 11 is 0. The number of nitrogens with zero attached hydrogens (tertiary/aromatic N) is 1. The first-order valence-electron chi connectivity index (χ1n) is 8.84. The quantitative estimate of drug-likeness (QED) is 0.688. The van der Waals surface area contributed by atoms with Crippen LogP contribution in [-0.4, -0.2) is 29.1 Å². The Morgan fingerprint density at radius 1 is 1.20 bits per heavy atom. The largest absolute Gasteiger partial charge is 0.446 e. The molecule has 1 saturated heterocycles. The molecule has 2 atom stereocenters. The summed E-state index contributed by atoms with van der Waals surface area (Å²) in [6, 6.07) is 13.0. The minimum atomic E-state index is -0.695. The van der Waals surface area contributed by atoms with Gasteiger partial charge in [-0.05, 0) is 44.9 Å². The molecule has 5 heteroatoms. The molecular weight excluding hydrogens is 316 g/mol. The van der Waals surface area contributed by atoms with Crippen molar-refractivity contribution < 1.29 is 14.3 Å². The Morgan fingerprint density at radius 2 is 2.00 bits per heavy atom. The molecule has 0 radical (unpaired) electrons. The fourth-order valence-corrected chi connectivity index (χ4v) is 3.81. The van der Waals surface area contributed by atoms with E-state index in [1.807, 2.05) is 54.0 Å². The molecular formula is C20H22N2O3. The Morgan fingerprint density at radius 3 is 2.72 bits per heavy atom. The van der Waals surface area contributed by atoms with Gasteiger partial charge in [0.1, 0.15) is 5.41 Å². The zero-order chi connectivity index (χ0) is 17.4. The van der Waals surface area contributed by atoms with Crippen molar-refractivity contribution in [2.24, 2.45) is 0 Å². The molecule has 0 aliphatic carbocycles. The van der Waals surface area contributed by atoms with Crippen molar-refractivity contribution in [2.75, 3.05) is 6.54 Å². The van der Waals surface area contributed by atoms with Crippen LogP contribution in [0.5, 0.6) is 0 Å². The summed E-state index contributed by atoms with van der Waals surface area (Å²) in [6.07, 6.45) is 2.37. The molecule has 1 N–H and O–H groups in total. The number of carbonyl (C=O) groups excluding carboxylic acids is 2. The number of hydrogen-bond acceptors (Lipinski definition) is 4. The number of aromatic nitrogens is 1. The lowest BCUT2D eigenvalue weighted by Gasteiger charge is -2.24. The lowest BCUT2D eigenvalue weighted by molar-refractivity contribution is -0.156. The maximum Gasteiger partial charge on any atom is 0.319 e. The maximum atomic E-state index is 12.8. The highest BCUT2D eigenvalue weighted by atomic mass is 16.6. The number of ether oxygens (including phenoxy) is 1. The summed E-state index contributed by atoms with van der Waals surface area (Å²) in [5.74, 6) is -0.218. The van der Waals surface area contributed by atoms with Crippen LogP contribution >= 0.6 is 0 Å². The van der Waals surface area contributed by atoms with Gasteiger partial charge in [0.15, 0.2) is 6.23 Å². The Bertz CT molecular complexity index is 806. The van der Waals surface area contributed by atoms with Gasteiger partial charge in [-0.1, -0.05) is 30.3 Å². The molecule has 2 unspecified atom stereocenters. The monoisotopic (exact) mass is 338 g/mol. The molecule has 0 amide bonds. The number of fused-ring (bicyclic) bond motifs is 1. The normalized spacial score (nSPS) is 24.9. The molecule has 25 heavy (non-hydrogen) atoms. The summed E-state index contributed by atoms with van der Waals surface area (Å²) in [4.78, 5) is 25.6. The van der Waals surface area contributed by atoms with Gasteiger partial charge in [0.2, 0.25) is 5.78 Å². The van der Waals surface area contributed by atoms with Crippen LogP contribution in [0.15, 0.2) is 42.5 Å². The molecule has 4 rings (SSSR count). The molecule has 130 valence electrons. The highest BCUT2D eigenvalue weighted by Crippen LogP contribution is 2.38. The van der Waals surface area contributed by atoms with Crippen LogP contribution in [0.2, 0.25) is 0 Å². The van der Waals surface area contributed by atoms with Crippen molar-refractivity contribution >= 4 is 11.8 Å². The average molecular weight is 338 g/mol. The standard InChI is InChI=1S/C20H22N2O3/c1-20(19(24)25-17-8-5-12-21-17)11-13-22-15(9-10-16(20)22)18(23)14-6-3-2-4-7-14/h2-4,6-7,9-10,17,21H,5,8,11-13H2,1H3. The highest BCUT2D eigenvalue weighted by Gasteiger charge is 2.45. The SMILES string of the molecule is CC1(C(=O)OC2CCCN2)CCn2c(C(=O)c3ccccc3)ccc21. The van der Waals surface area contributed by atoms with Gasteiger partial charge in [0.25, 0.3) is 0 Å². The van der Waals surface area contributed by atoms with E-state index in [1.54, 1.807) is 0 Å². The second-order valence-electron chi connectivity index (χ2n) is 7.02. The highest BCUT2D eigenvalue weighted by molar-refractivity contribution is 6.08. The number of rotatable bonds is 4. The van der Waals surface area contributed by atoms with Crippen LogP contribution in [0.3, 0.4) is 0 Å². The average Bonchev–Trinajstić information content (AvgIpc) is 3.34.